The molecule has 0 bridgehead atoms. The number of nitrogens with zero attached hydrogens (tertiary/aromatic N) is 4. The Bertz CT molecular complexity index is 2210. The number of hydrogen-bond acceptors (Lipinski definition) is 9. The van der Waals surface area contributed by atoms with Gasteiger partial charge in [-0.25, -0.2) is 18.4 Å². The lowest BCUT2D eigenvalue weighted by molar-refractivity contribution is -0.121. The fourth-order valence-corrected chi connectivity index (χ4v) is 11.5. The van der Waals surface area contributed by atoms with Gasteiger partial charge >= 0.3 is 12.2 Å². The van der Waals surface area contributed by atoms with Gasteiger partial charge in [-0.1, -0.05) is 31.3 Å². The molecule has 16 heteroatoms. The Morgan fingerprint density at radius 1 is 0.672 bits per heavy atom. The lowest BCUT2D eigenvalue weighted by atomic mass is 10.0. The molecule has 4 fully saturated rings. The van der Waals surface area contributed by atoms with Gasteiger partial charge in [0.1, 0.15) is 29.0 Å². The van der Waals surface area contributed by atoms with Crippen LogP contribution in [0, 0.1) is 11.6 Å². The Kier molecular flexibility index (Phi) is 13.3. The molecule has 4 amide bonds. The summed E-state index contributed by atoms with van der Waals surface area (Å²) in [4.78, 5) is 59.6. The second kappa shape index (κ2) is 18.2. The first-order valence-corrected chi connectivity index (χ1v) is 26.1. The quantitative estimate of drug-likeness (QED) is 0.148. The van der Waals surface area contributed by atoms with Crippen LogP contribution in [0.5, 0.6) is 0 Å². The van der Waals surface area contributed by atoms with Crippen molar-refractivity contribution in [1.29, 1.82) is 0 Å². The number of nitrogens with two attached hydrogens (primary N) is 1. The van der Waals surface area contributed by atoms with Crippen molar-refractivity contribution in [2.75, 3.05) is 52.3 Å². The number of carbonyl (C=O) groups excluding carboxylic acids is 4. The number of nitrogens with one attached hydrogen (secondary N) is 2. The molecule has 0 aliphatic carbocycles. The lowest BCUT2D eigenvalue weighted by Gasteiger charge is -2.38. The summed E-state index contributed by atoms with van der Waals surface area (Å²) in [5.41, 5.74) is 8.59. The standard InChI is InChI=1S/C48H65F2N7O6Si/c1-47(2,3)62-45(60)55-21-9-11-40(55)43(58)52-32-16-13-30(14-17-32)38-19-20-39(57(38)33-28-34(49)42(35(50)29-33)54-23-25-64(7,8)26-24-54)31-15-18-37(36(51)27-31)53-44(59)41-12-10-22-56(41)46(61)63-48(4,5)6/h13-18,27-29,38-41H,9-12,19-26,51H2,1-8H3,(H,52,58)(H,53,59)/t38-,39-,40-,41-/m0/s1. The number of rotatable bonds is 8. The first-order chi connectivity index (χ1) is 30.1. The van der Waals surface area contributed by atoms with Crippen molar-refractivity contribution >= 4 is 60.5 Å². The lowest BCUT2D eigenvalue weighted by Crippen LogP contribution is -2.45. The largest absolute Gasteiger partial charge is 0.444 e. The molecule has 4 aliphatic rings. The molecule has 64 heavy (non-hydrogen) atoms. The number of amides is 4. The smallest absolute Gasteiger partial charge is 0.410 e. The zero-order valence-electron chi connectivity index (χ0n) is 38.6. The minimum absolute atomic E-state index is 0.00461. The second-order valence-electron chi connectivity index (χ2n) is 20.5. The van der Waals surface area contributed by atoms with Gasteiger partial charge in [0, 0.05) is 37.6 Å². The summed E-state index contributed by atoms with van der Waals surface area (Å²) in [5, 5.41) is 5.89. The van der Waals surface area contributed by atoms with E-state index in [-0.39, 0.29) is 29.6 Å². The average molecular weight is 902 g/mol. The molecule has 13 nitrogen and oxygen atoms in total. The third-order valence-corrected chi connectivity index (χ3v) is 15.9. The molecule has 0 saturated carbocycles. The number of hydrogen-bond donors (Lipinski definition) is 3. The summed E-state index contributed by atoms with van der Waals surface area (Å²) in [6, 6.07) is 15.6. The molecular formula is C48H65F2N7O6Si. The number of benzene rings is 3. The van der Waals surface area contributed by atoms with Crippen molar-refractivity contribution in [2.45, 2.75) is 141 Å². The fraction of sp³-hybridized carbons (Fsp3) is 0.542. The third kappa shape index (κ3) is 10.6. The van der Waals surface area contributed by atoms with Crippen LogP contribution >= 0.6 is 0 Å². The molecular weight excluding hydrogens is 837 g/mol. The van der Waals surface area contributed by atoms with Crippen molar-refractivity contribution < 1.29 is 37.4 Å². The van der Waals surface area contributed by atoms with E-state index < -0.39 is 55.2 Å². The SMILES string of the molecule is CC(C)(C)OC(=O)N1CCC[C@H]1C(=O)Nc1ccc([C@@H]2CC[C@@H](c3ccc(NC(=O)[C@@H]4CCCN4C(=O)OC(C)(C)C)c(N)c3)N2c2cc(F)c(N3CC[Si](C)(C)CC3)c(F)c2)cc1. The summed E-state index contributed by atoms with van der Waals surface area (Å²) in [6.45, 7) is 17.4. The highest BCUT2D eigenvalue weighted by molar-refractivity contribution is 6.77. The first kappa shape index (κ1) is 46.6. The van der Waals surface area contributed by atoms with Crippen LogP contribution < -0.4 is 26.2 Å². The zero-order valence-corrected chi connectivity index (χ0v) is 39.6. The van der Waals surface area contributed by atoms with E-state index in [1.807, 2.05) is 28.0 Å². The van der Waals surface area contributed by atoms with Gasteiger partial charge in [-0.05, 0) is 140 Å². The Hall–Kier alpha value is -5.38. The fourth-order valence-electron chi connectivity index (χ4n) is 9.45. The molecule has 3 aromatic rings. The maximum Gasteiger partial charge on any atom is 0.410 e. The number of anilines is 5. The number of ether oxygens (including phenoxy) is 2. The number of carbonyl (C=O) groups is 4. The molecule has 0 spiro atoms. The Labute approximate surface area is 377 Å². The van der Waals surface area contributed by atoms with Gasteiger partial charge in [0.2, 0.25) is 11.8 Å². The van der Waals surface area contributed by atoms with Crippen molar-refractivity contribution in [2.24, 2.45) is 0 Å². The highest BCUT2D eigenvalue weighted by atomic mass is 28.3. The van der Waals surface area contributed by atoms with Gasteiger partial charge in [-0.2, -0.15) is 0 Å². The number of nitrogen functional groups attached to an aromatic ring is 1. The van der Waals surface area contributed by atoms with E-state index in [9.17, 15) is 19.2 Å². The van der Waals surface area contributed by atoms with Gasteiger partial charge in [0.05, 0.1) is 31.5 Å². The zero-order chi connectivity index (χ0) is 46.3. The number of halogens is 2. The normalized spacial score (nSPS) is 22.4. The van der Waals surface area contributed by atoms with E-state index >= 15 is 8.78 Å². The van der Waals surface area contributed by atoms with Crippen molar-refractivity contribution in [3.05, 3.63) is 77.4 Å². The molecule has 4 heterocycles. The highest BCUT2D eigenvalue weighted by Gasteiger charge is 2.40. The van der Waals surface area contributed by atoms with Gasteiger partial charge < -0.3 is 35.6 Å². The van der Waals surface area contributed by atoms with Gasteiger partial charge in [0.15, 0.2) is 11.6 Å². The van der Waals surface area contributed by atoms with Gasteiger partial charge in [0.25, 0.3) is 0 Å². The van der Waals surface area contributed by atoms with E-state index in [0.717, 1.165) is 23.2 Å². The molecule has 4 atom stereocenters. The van der Waals surface area contributed by atoms with E-state index in [0.29, 0.717) is 87.5 Å². The molecule has 7 rings (SSSR count). The predicted molar refractivity (Wildman–Crippen MR) is 249 cm³/mol. The van der Waals surface area contributed by atoms with Gasteiger partial charge in [-0.15, -0.1) is 0 Å². The van der Waals surface area contributed by atoms with Crippen LogP contribution in [0.15, 0.2) is 54.6 Å². The van der Waals surface area contributed by atoms with E-state index in [4.69, 9.17) is 15.2 Å². The third-order valence-electron chi connectivity index (χ3n) is 12.8. The summed E-state index contributed by atoms with van der Waals surface area (Å²) >= 11 is 0. The minimum Gasteiger partial charge on any atom is -0.444 e. The molecule has 0 aromatic heterocycles. The summed E-state index contributed by atoms with van der Waals surface area (Å²) in [5.74, 6) is -1.89. The van der Waals surface area contributed by atoms with E-state index in [2.05, 4.69) is 23.7 Å². The Morgan fingerprint density at radius 2 is 1.16 bits per heavy atom. The first-order valence-electron chi connectivity index (χ1n) is 22.7. The van der Waals surface area contributed by atoms with Crippen LogP contribution in [0.3, 0.4) is 0 Å². The van der Waals surface area contributed by atoms with Crippen LogP contribution in [-0.4, -0.2) is 91.3 Å². The van der Waals surface area contributed by atoms with Crippen LogP contribution in [0.1, 0.15) is 103 Å². The molecule has 0 unspecified atom stereocenters. The molecule has 346 valence electrons. The second-order valence-corrected chi connectivity index (χ2v) is 25.9. The van der Waals surface area contributed by atoms with Gasteiger partial charge in [-0.3, -0.25) is 19.4 Å². The molecule has 0 radical (unpaired) electrons. The molecule has 4 aliphatic heterocycles. The minimum atomic E-state index is -1.39. The van der Waals surface area contributed by atoms with Crippen LogP contribution in [0.4, 0.5) is 46.8 Å². The maximum absolute atomic E-state index is 16.3. The topological polar surface area (TPSA) is 150 Å². The van der Waals surface area contributed by atoms with Crippen molar-refractivity contribution in [1.82, 2.24) is 9.80 Å². The van der Waals surface area contributed by atoms with Crippen molar-refractivity contribution in [3.8, 4) is 0 Å². The summed E-state index contributed by atoms with van der Waals surface area (Å²) in [6.07, 6.45) is 2.57. The monoisotopic (exact) mass is 901 g/mol. The van der Waals surface area contributed by atoms with Crippen LogP contribution in [0.25, 0.3) is 0 Å². The maximum atomic E-state index is 16.3. The Morgan fingerprint density at radius 3 is 1.66 bits per heavy atom. The molecule has 3 aromatic carbocycles. The van der Waals surface area contributed by atoms with Crippen LogP contribution in [-0.2, 0) is 19.1 Å². The van der Waals surface area contributed by atoms with E-state index in [1.54, 1.807) is 65.8 Å². The van der Waals surface area contributed by atoms with E-state index in [1.165, 1.54) is 21.9 Å². The summed E-state index contributed by atoms with van der Waals surface area (Å²) < 4.78 is 43.8. The predicted octanol–water partition coefficient (Wildman–Crippen LogP) is 9.83. The van der Waals surface area contributed by atoms with Crippen LogP contribution in [0.2, 0.25) is 25.2 Å². The molecule has 4 saturated heterocycles. The number of likely N-dealkylation sites (tertiary alicyclic amines) is 2. The average Bonchev–Trinajstić information content (AvgIpc) is 3.99. The Balaban J connectivity index is 1.13. The molecule has 4 N–H and O–H groups in total. The van der Waals surface area contributed by atoms with Crippen molar-refractivity contribution in [3.63, 3.8) is 0 Å². The summed E-state index contributed by atoms with van der Waals surface area (Å²) in [7, 11) is -1.39. The highest BCUT2D eigenvalue weighted by Crippen LogP contribution is 2.49.